The first-order valence-electron chi connectivity index (χ1n) is 4.77. The molecule has 0 aliphatic rings. The highest BCUT2D eigenvalue weighted by atomic mass is 16.5. The first-order valence-corrected chi connectivity index (χ1v) is 4.77. The van der Waals surface area contributed by atoms with Crippen LogP contribution in [0.5, 0.6) is 11.5 Å². The van der Waals surface area contributed by atoms with Crippen LogP contribution in [0.3, 0.4) is 0 Å². The Kier molecular flexibility index (Phi) is 3.00. The van der Waals surface area contributed by atoms with E-state index in [1.165, 1.54) is 0 Å². The molecule has 1 aromatic carbocycles. The lowest BCUT2D eigenvalue weighted by atomic mass is 10.1. The van der Waals surface area contributed by atoms with Crippen LogP contribution in [-0.4, -0.2) is 24.4 Å². The summed E-state index contributed by atoms with van der Waals surface area (Å²) < 4.78 is 10.4. The van der Waals surface area contributed by atoms with Crippen LogP contribution in [0.4, 0.5) is 0 Å². The van der Waals surface area contributed by atoms with Crippen molar-refractivity contribution in [1.29, 1.82) is 0 Å². The molecule has 81 valence electrons. The molecule has 0 bridgehead atoms. The topological polar surface area (TPSA) is 44.2 Å². The highest BCUT2D eigenvalue weighted by Gasteiger charge is 2.06. The SMILES string of the molecule is COc1ccc(-c2cc[c]nn2)cc1OC. The molecule has 0 fully saturated rings. The van der Waals surface area contributed by atoms with Crippen LogP contribution in [0.25, 0.3) is 11.3 Å². The minimum absolute atomic E-state index is 0.676. The van der Waals surface area contributed by atoms with E-state index in [-0.39, 0.29) is 0 Å². The van der Waals surface area contributed by atoms with Gasteiger partial charge in [0.15, 0.2) is 11.5 Å². The monoisotopic (exact) mass is 215 g/mol. The van der Waals surface area contributed by atoms with E-state index in [1.54, 1.807) is 20.3 Å². The molecule has 0 saturated carbocycles. The summed E-state index contributed by atoms with van der Waals surface area (Å²) in [7, 11) is 3.21. The minimum atomic E-state index is 0.676. The van der Waals surface area contributed by atoms with Crippen molar-refractivity contribution in [2.75, 3.05) is 14.2 Å². The van der Waals surface area contributed by atoms with Crippen LogP contribution in [0.2, 0.25) is 0 Å². The van der Waals surface area contributed by atoms with Crippen molar-refractivity contribution in [3.63, 3.8) is 0 Å². The van der Waals surface area contributed by atoms with E-state index < -0.39 is 0 Å². The Morgan fingerprint density at radius 3 is 2.50 bits per heavy atom. The molecule has 4 heteroatoms. The lowest BCUT2D eigenvalue weighted by molar-refractivity contribution is 0.355. The van der Waals surface area contributed by atoms with Crippen molar-refractivity contribution in [2.24, 2.45) is 0 Å². The molecule has 0 saturated heterocycles. The zero-order chi connectivity index (χ0) is 11.4. The third-order valence-corrected chi connectivity index (χ3v) is 2.21. The van der Waals surface area contributed by atoms with Gasteiger partial charge in [-0.05, 0) is 30.3 Å². The molecule has 0 N–H and O–H groups in total. The molecule has 16 heavy (non-hydrogen) atoms. The Hall–Kier alpha value is -2.10. The van der Waals surface area contributed by atoms with Gasteiger partial charge >= 0.3 is 0 Å². The minimum Gasteiger partial charge on any atom is -0.493 e. The molecule has 1 radical (unpaired) electrons. The van der Waals surface area contributed by atoms with Crippen LogP contribution in [-0.2, 0) is 0 Å². The van der Waals surface area contributed by atoms with E-state index in [0.717, 1.165) is 11.3 Å². The summed E-state index contributed by atoms with van der Waals surface area (Å²) in [5.41, 5.74) is 1.71. The molecule has 2 aromatic rings. The molecule has 0 atom stereocenters. The largest absolute Gasteiger partial charge is 0.493 e. The predicted molar refractivity (Wildman–Crippen MR) is 59.4 cm³/mol. The van der Waals surface area contributed by atoms with Crippen molar-refractivity contribution in [3.05, 3.63) is 36.5 Å². The lowest BCUT2D eigenvalue weighted by Gasteiger charge is -2.08. The molecule has 1 aromatic heterocycles. The summed E-state index contributed by atoms with van der Waals surface area (Å²) in [5.74, 6) is 1.37. The fourth-order valence-electron chi connectivity index (χ4n) is 1.42. The Labute approximate surface area is 93.9 Å². The fraction of sp³-hybridized carbons (Fsp3) is 0.167. The van der Waals surface area contributed by atoms with Gasteiger partial charge in [-0.15, -0.1) is 10.2 Å². The Balaban J connectivity index is 2.44. The molecule has 0 aliphatic carbocycles. The average Bonchev–Trinajstić information content (AvgIpc) is 2.39. The van der Waals surface area contributed by atoms with Gasteiger partial charge in [0, 0.05) is 5.56 Å². The zero-order valence-corrected chi connectivity index (χ0v) is 9.10. The van der Waals surface area contributed by atoms with Crippen molar-refractivity contribution in [1.82, 2.24) is 10.2 Å². The van der Waals surface area contributed by atoms with Gasteiger partial charge in [-0.2, -0.15) is 0 Å². The van der Waals surface area contributed by atoms with Crippen LogP contribution in [0, 0.1) is 6.20 Å². The van der Waals surface area contributed by atoms with E-state index in [9.17, 15) is 0 Å². The van der Waals surface area contributed by atoms with Crippen molar-refractivity contribution in [2.45, 2.75) is 0 Å². The number of aromatic nitrogens is 2. The summed E-state index contributed by atoms with van der Waals surface area (Å²) >= 11 is 0. The molecule has 1 heterocycles. The third kappa shape index (κ3) is 1.95. The van der Waals surface area contributed by atoms with Gasteiger partial charge in [0.25, 0.3) is 0 Å². The number of hydrogen-bond donors (Lipinski definition) is 0. The van der Waals surface area contributed by atoms with Gasteiger partial charge in [0.05, 0.1) is 19.9 Å². The highest BCUT2D eigenvalue weighted by molar-refractivity contribution is 5.63. The van der Waals surface area contributed by atoms with Crippen molar-refractivity contribution in [3.8, 4) is 22.8 Å². The highest BCUT2D eigenvalue weighted by Crippen LogP contribution is 2.31. The summed E-state index contributed by atoms with van der Waals surface area (Å²) in [6.45, 7) is 0. The Morgan fingerprint density at radius 1 is 1.06 bits per heavy atom. The molecule has 0 amide bonds. The Bertz CT molecular complexity index is 472. The first-order chi connectivity index (χ1) is 7.85. The lowest BCUT2D eigenvalue weighted by Crippen LogP contribution is -1.92. The Morgan fingerprint density at radius 2 is 1.88 bits per heavy atom. The maximum atomic E-state index is 5.22. The van der Waals surface area contributed by atoms with E-state index >= 15 is 0 Å². The standard InChI is InChI=1S/C12H11N2O2/c1-15-11-6-5-9(8-12(11)16-2)10-4-3-7-13-14-10/h3-6,8H,1-2H3. The molecular weight excluding hydrogens is 204 g/mol. The maximum Gasteiger partial charge on any atom is 0.161 e. The van der Waals surface area contributed by atoms with Crippen LogP contribution in [0.15, 0.2) is 30.3 Å². The van der Waals surface area contributed by atoms with Crippen molar-refractivity contribution < 1.29 is 9.47 Å². The number of rotatable bonds is 3. The van der Waals surface area contributed by atoms with E-state index in [0.29, 0.717) is 11.5 Å². The van der Waals surface area contributed by atoms with E-state index in [1.807, 2.05) is 24.3 Å². The second-order valence-electron chi connectivity index (χ2n) is 3.12. The predicted octanol–water partition coefficient (Wildman–Crippen LogP) is 1.96. The van der Waals surface area contributed by atoms with E-state index in [2.05, 4.69) is 16.4 Å². The normalized spacial score (nSPS) is 9.88. The zero-order valence-electron chi connectivity index (χ0n) is 9.10. The first kappa shape index (κ1) is 10.4. The van der Waals surface area contributed by atoms with Gasteiger partial charge in [-0.25, -0.2) is 0 Å². The summed E-state index contributed by atoms with van der Waals surface area (Å²) in [4.78, 5) is 0. The van der Waals surface area contributed by atoms with Crippen LogP contribution >= 0.6 is 0 Å². The molecular formula is C12H11N2O2. The summed E-state index contributed by atoms with van der Waals surface area (Å²) in [6, 6.07) is 9.17. The fourth-order valence-corrected chi connectivity index (χ4v) is 1.42. The number of methoxy groups -OCH3 is 2. The molecule has 2 rings (SSSR count). The molecule has 0 spiro atoms. The van der Waals surface area contributed by atoms with Crippen molar-refractivity contribution >= 4 is 0 Å². The van der Waals surface area contributed by atoms with E-state index in [4.69, 9.17) is 9.47 Å². The molecule has 4 nitrogen and oxygen atoms in total. The van der Waals surface area contributed by atoms with Crippen LogP contribution in [0.1, 0.15) is 0 Å². The summed E-state index contributed by atoms with van der Waals surface area (Å²) in [5, 5.41) is 7.69. The van der Waals surface area contributed by atoms with Gasteiger partial charge in [0.1, 0.15) is 6.20 Å². The van der Waals surface area contributed by atoms with Gasteiger partial charge < -0.3 is 9.47 Å². The average molecular weight is 215 g/mol. The number of benzene rings is 1. The number of ether oxygens (including phenoxy) is 2. The smallest absolute Gasteiger partial charge is 0.161 e. The summed E-state index contributed by atoms with van der Waals surface area (Å²) in [6.07, 6.45) is 2.64. The number of hydrogen-bond acceptors (Lipinski definition) is 4. The van der Waals surface area contributed by atoms with Gasteiger partial charge in [0.2, 0.25) is 0 Å². The number of nitrogens with zero attached hydrogens (tertiary/aromatic N) is 2. The van der Waals surface area contributed by atoms with Crippen LogP contribution < -0.4 is 9.47 Å². The van der Waals surface area contributed by atoms with Gasteiger partial charge in [-0.1, -0.05) is 0 Å². The second-order valence-corrected chi connectivity index (χ2v) is 3.12. The third-order valence-electron chi connectivity index (χ3n) is 2.21. The molecule has 0 unspecified atom stereocenters. The van der Waals surface area contributed by atoms with Gasteiger partial charge in [-0.3, -0.25) is 0 Å². The maximum absolute atomic E-state index is 5.22. The molecule has 0 aliphatic heterocycles. The quantitative estimate of drug-likeness (QED) is 0.785. The second kappa shape index (κ2) is 4.61.